The summed E-state index contributed by atoms with van der Waals surface area (Å²) < 4.78 is 3.10. The van der Waals surface area contributed by atoms with Crippen molar-refractivity contribution >= 4 is 33.4 Å². The van der Waals surface area contributed by atoms with Crippen molar-refractivity contribution in [1.82, 2.24) is 9.78 Å². The lowest BCUT2D eigenvalue weighted by Gasteiger charge is -2.12. The normalized spacial score (nSPS) is 11.2. The first kappa shape index (κ1) is 15.4. The fourth-order valence-corrected chi connectivity index (χ4v) is 3.35. The van der Waals surface area contributed by atoms with Crippen molar-refractivity contribution in [3.8, 4) is 0 Å². The van der Waals surface area contributed by atoms with Crippen LogP contribution in [0.1, 0.15) is 38.4 Å². The van der Waals surface area contributed by atoms with Gasteiger partial charge in [-0.1, -0.05) is 29.8 Å². The minimum absolute atomic E-state index is 0.506. The number of hydrogen-bond donors (Lipinski definition) is 1. The number of nitrogen functional groups attached to an aromatic ring is 1. The molecule has 0 fully saturated rings. The van der Waals surface area contributed by atoms with Crippen LogP contribution < -0.4 is 5.73 Å². The van der Waals surface area contributed by atoms with Crippen LogP contribution in [0.15, 0.2) is 39.8 Å². The van der Waals surface area contributed by atoms with Gasteiger partial charge in [0.25, 0.3) is 0 Å². The Morgan fingerprint density at radius 2 is 2.05 bits per heavy atom. The highest BCUT2D eigenvalue weighted by molar-refractivity contribution is 9.10. The molecule has 1 aromatic heterocycles. The number of thioether (sulfide) groups is 1. The minimum Gasteiger partial charge on any atom is -0.398 e. The molecule has 0 saturated carbocycles. The molecule has 20 heavy (non-hydrogen) atoms. The number of halogens is 1. The summed E-state index contributed by atoms with van der Waals surface area (Å²) in [5.41, 5.74) is 7.92. The maximum atomic E-state index is 6.01. The van der Waals surface area contributed by atoms with E-state index in [0.717, 1.165) is 39.3 Å². The molecule has 0 spiro atoms. The number of aromatic nitrogens is 2. The van der Waals surface area contributed by atoms with Crippen LogP contribution in [0.3, 0.4) is 0 Å². The van der Waals surface area contributed by atoms with Crippen molar-refractivity contribution in [2.75, 3.05) is 5.73 Å². The fourth-order valence-electron chi connectivity index (χ4n) is 2.12. The third kappa shape index (κ3) is 3.79. The second kappa shape index (κ2) is 7.18. The van der Waals surface area contributed by atoms with Gasteiger partial charge in [0, 0.05) is 27.0 Å². The standard InChI is InChI=1S/C15H20BrN3S/c1-3-13(4-2)19-8-7-12(18-19)10-20-15-6-5-11(16)9-14(15)17/h5-9,13H,3-4,10,17H2,1-2H3. The number of hydrogen-bond acceptors (Lipinski definition) is 3. The summed E-state index contributed by atoms with van der Waals surface area (Å²) in [5.74, 6) is 0.846. The summed E-state index contributed by atoms with van der Waals surface area (Å²) >= 11 is 5.15. The second-order valence-corrected chi connectivity index (χ2v) is 6.66. The Bertz CT molecular complexity index is 564. The molecule has 2 aromatic rings. The van der Waals surface area contributed by atoms with Gasteiger partial charge in [-0.3, -0.25) is 4.68 Å². The van der Waals surface area contributed by atoms with Crippen molar-refractivity contribution in [2.24, 2.45) is 0 Å². The van der Waals surface area contributed by atoms with Crippen LogP contribution in [-0.2, 0) is 5.75 Å². The minimum atomic E-state index is 0.506. The van der Waals surface area contributed by atoms with Crippen LogP contribution in [0.5, 0.6) is 0 Å². The first-order valence-electron chi connectivity index (χ1n) is 6.85. The topological polar surface area (TPSA) is 43.8 Å². The highest BCUT2D eigenvalue weighted by Crippen LogP contribution is 2.30. The predicted octanol–water partition coefficient (Wildman–Crippen LogP) is 4.88. The maximum Gasteiger partial charge on any atom is 0.0727 e. The molecule has 0 unspecified atom stereocenters. The molecule has 0 aliphatic heterocycles. The molecular formula is C15H20BrN3S. The van der Waals surface area contributed by atoms with E-state index in [9.17, 15) is 0 Å². The van der Waals surface area contributed by atoms with E-state index in [2.05, 4.69) is 51.8 Å². The third-order valence-electron chi connectivity index (χ3n) is 3.33. The van der Waals surface area contributed by atoms with E-state index in [1.807, 2.05) is 18.2 Å². The Kier molecular flexibility index (Phi) is 5.54. The molecular weight excluding hydrogens is 334 g/mol. The predicted molar refractivity (Wildman–Crippen MR) is 90.0 cm³/mol. The van der Waals surface area contributed by atoms with E-state index < -0.39 is 0 Å². The lowest BCUT2D eigenvalue weighted by Crippen LogP contribution is -2.07. The Morgan fingerprint density at radius 1 is 1.30 bits per heavy atom. The van der Waals surface area contributed by atoms with Crippen molar-refractivity contribution in [3.63, 3.8) is 0 Å². The number of rotatable bonds is 6. The molecule has 0 saturated heterocycles. The number of benzene rings is 1. The molecule has 5 heteroatoms. The maximum absolute atomic E-state index is 6.01. The van der Waals surface area contributed by atoms with Gasteiger partial charge in [-0.15, -0.1) is 11.8 Å². The average Bonchev–Trinajstić information content (AvgIpc) is 2.88. The number of nitrogens with zero attached hydrogens (tertiary/aromatic N) is 2. The zero-order valence-electron chi connectivity index (χ0n) is 11.8. The molecule has 1 aromatic carbocycles. The molecule has 3 nitrogen and oxygen atoms in total. The summed E-state index contributed by atoms with van der Waals surface area (Å²) in [6.07, 6.45) is 4.31. The fraction of sp³-hybridized carbons (Fsp3) is 0.400. The van der Waals surface area contributed by atoms with Crippen LogP contribution in [0.2, 0.25) is 0 Å². The van der Waals surface area contributed by atoms with E-state index in [4.69, 9.17) is 5.73 Å². The summed E-state index contributed by atoms with van der Waals surface area (Å²) in [4.78, 5) is 1.10. The Balaban J connectivity index is 2.00. The zero-order valence-corrected chi connectivity index (χ0v) is 14.2. The monoisotopic (exact) mass is 353 g/mol. The van der Waals surface area contributed by atoms with Gasteiger partial charge in [-0.2, -0.15) is 5.10 Å². The molecule has 0 radical (unpaired) electrons. The van der Waals surface area contributed by atoms with Gasteiger partial charge in [0.15, 0.2) is 0 Å². The smallest absolute Gasteiger partial charge is 0.0727 e. The zero-order chi connectivity index (χ0) is 14.5. The van der Waals surface area contributed by atoms with Crippen molar-refractivity contribution in [2.45, 2.75) is 43.4 Å². The lowest BCUT2D eigenvalue weighted by molar-refractivity contribution is 0.426. The van der Waals surface area contributed by atoms with Crippen molar-refractivity contribution in [1.29, 1.82) is 0 Å². The van der Waals surface area contributed by atoms with Gasteiger partial charge < -0.3 is 5.73 Å². The molecule has 0 amide bonds. The summed E-state index contributed by atoms with van der Waals surface area (Å²) in [6.45, 7) is 4.40. The first-order valence-corrected chi connectivity index (χ1v) is 8.63. The Labute approximate surface area is 133 Å². The Morgan fingerprint density at radius 3 is 2.70 bits per heavy atom. The second-order valence-electron chi connectivity index (χ2n) is 4.73. The van der Waals surface area contributed by atoms with Crippen LogP contribution in [0.4, 0.5) is 5.69 Å². The highest BCUT2D eigenvalue weighted by Gasteiger charge is 2.08. The molecule has 0 aliphatic rings. The molecule has 0 aliphatic carbocycles. The summed E-state index contributed by atoms with van der Waals surface area (Å²) in [6, 6.07) is 8.60. The van der Waals surface area contributed by atoms with Gasteiger partial charge in [0.1, 0.15) is 0 Å². The number of anilines is 1. The lowest BCUT2D eigenvalue weighted by atomic mass is 10.2. The third-order valence-corrected chi connectivity index (χ3v) is 4.94. The van der Waals surface area contributed by atoms with E-state index in [0.29, 0.717) is 6.04 Å². The molecule has 108 valence electrons. The van der Waals surface area contributed by atoms with E-state index in [1.54, 1.807) is 11.8 Å². The highest BCUT2D eigenvalue weighted by atomic mass is 79.9. The van der Waals surface area contributed by atoms with E-state index in [-0.39, 0.29) is 0 Å². The first-order chi connectivity index (χ1) is 9.63. The summed E-state index contributed by atoms with van der Waals surface area (Å²) in [7, 11) is 0. The molecule has 0 atom stereocenters. The van der Waals surface area contributed by atoms with Crippen molar-refractivity contribution in [3.05, 3.63) is 40.6 Å². The molecule has 2 rings (SSSR count). The number of nitrogens with two attached hydrogens (primary N) is 1. The van der Waals surface area contributed by atoms with Gasteiger partial charge in [-0.25, -0.2) is 0 Å². The average molecular weight is 354 g/mol. The van der Waals surface area contributed by atoms with Crippen LogP contribution in [0, 0.1) is 0 Å². The van der Waals surface area contributed by atoms with Gasteiger partial charge in [-0.05, 0) is 37.1 Å². The van der Waals surface area contributed by atoms with Crippen LogP contribution in [-0.4, -0.2) is 9.78 Å². The van der Waals surface area contributed by atoms with E-state index in [1.165, 1.54) is 0 Å². The molecule has 2 N–H and O–H groups in total. The SMILES string of the molecule is CCC(CC)n1ccc(CSc2ccc(Br)cc2N)n1. The summed E-state index contributed by atoms with van der Waals surface area (Å²) in [5, 5.41) is 4.66. The van der Waals surface area contributed by atoms with Gasteiger partial charge in [0.05, 0.1) is 11.7 Å². The molecule has 1 heterocycles. The van der Waals surface area contributed by atoms with Gasteiger partial charge >= 0.3 is 0 Å². The van der Waals surface area contributed by atoms with Gasteiger partial charge in [0.2, 0.25) is 0 Å². The van der Waals surface area contributed by atoms with Crippen LogP contribution >= 0.6 is 27.7 Å². The Hall–Kier alpha value is -0.940. The van der Waals surface area contributed by atoms with E-state index >= 15 is 0 Å². The van der Waals surface area contributed by atoms with Crippen LogP contribution in [0.25, 0.3) is 0 Å². The quantitative estimate of drug-likeness (QED) is 0.594. The molecule has 0 bridgehead atoms. The largest absolute Gasteiger partial charge is 0.398 e. The van der Waals surface area contributed by atoms with Crippen molar-refractivity contribution < 1.29 is 0 Å².